The van der Waals surface area contributed by atoms with Crippen molar-refractivity contribution in [2.45, 2.75) is 13.8 Å². The van der Waals surface area contributed by atoms with Crippen molar-refractivity contribution in [3.05, 3.63) is 48.1 Å². The minimum Gasteiger partial charge on any atom is -0.508 e. The van der Waals surface area contributed by atoms with Gasteiger partial charge in [0.05, 0.1) is 0 Å². The summed E-state index contributed by atoms with van der Waals surface area (Å²) in [5.41, 5.74) is 2.38. The maximum atomic E-state index is 12.7. The van der Waals surface area contributed by atoms with E-state index >= 15 is 0 Å². The predicted octanol–water partition coefficient (Wildman–Crippen LogP) is 2.49. The van der Waals surface area contributed by atoms with E-state index < -0.39 is 0 Å². The van der Waals surface area contributed by atoms with Gasteiger partial charge in [-0.2, -0.15) is 4.58 Å². The van der Waals surface area contributed by atoms with Gasteiger partial charge in [-0.1, -0.05) is 18.2 Å². The average Bonchev–Trinajstić information content (AvgIpc) is 2.41. The molecular formula is C16H15N2O2+. The molecule has 0 bridgehead atoms. The first kappa shape index (κ1) is 12.5. The van der Waals surface area contributed by atoms with Crippen molar-refractivity contribution in [2.24, 2.45) is 10.9 Å². The smallest absolute Gasteiger partial charge is 0.329 e. The second-order valence-electron chi connectivity index (χ2n) is 4.95. The molecule has 1 unspecified atom stereocenters. The number of aromatic hydroxyl groups is 1. The Hall–Kier alpha value is -2.49. The normalized spacial score (nSPS) is 21.0. The molecule has 1 atom stereocenters. The second kappa shape index (κ2) is 4.56. The molecule has 100 valence electrons. The van der Waals surface area contributed by atoms with Crippen LogP contribution in [0.25, 0.3) is 0 Å². The molecular weight excluding hydrogens is 252 g/mol. The number of hydrogen-bond donors (Lipinski definition) is 1. The number of nitrogens with zero attached hydrogens (tertiary/aromatic N) is 2. The molecule has 1 heterocycles. The maximum absolute atomic E-state index is 12.7. The zero-order valence-electron chi connectivity index (χ0n) is 11.4. The zero-order valence-corrected chi connectivity index (χ0v) is 11.4. The van der Waals surface area contributed by atoms with Crippen LogP contribution in [0.5, 0.6) is 5.75 Å². The highest BCUT2D eigenvalue weighted by Crippen LogP contribution is 2.27. The summed E-state index contributed by atoms with van der Waals surface area (Å²) in [4.78, 5) is 17.2. The molecule has 0 aromatic heterocycles. The van der Waals surface area contributed by atoms with E-state index in [4.69, 9.17) is 0 Å². The standard InChI is InChI=1S/C16H14N2O2/c1-10-9-12(19)7-8-15(10)18-11(2)17-14-6-4-3-5-13(14)16(18)20/h3-9,13H,1-2H3/p+1. The fourth-order valence-electron chi connectivity index (χ4n) is 2.57. The van der Waals surface area contributed by atoms with E-state index in [-0.39, 0.29) is 17.6 Å². The van der Waals surface area contributed by atoms with Crippen molar-refractivity contribution in [3.8, 4) is 5.75 Å². The third-order valence-corrected chi connectivity index (χ3v) is 3.52. The lowest BCUT2D eigenvalue weighted by Crippen LogP contribution is -2.37. The van der Waals surface area contributed by atoms with E-state index in [1.165, 1.54) is 0 Å². The van der Waals surface area contributed by atoms with E-state index in [0.717, 1.165) is 17.0 Å². The van der Waals surface area contributed by atoms with Crippen LogP contribution in [0.15, 0.2) is 47.5 Å². The van der Waals surface area contributed by atoms with E-state index in [0.29, 0.717) is 5.84 Å². The molecule has 4 heteroatoms. The summed E-state index contributed by atoms with van der Waals surface area (Å²) in [6.45, 7) is 3.69. The summed E-state index contributed by atoms with van der Waals surface area (Å²) in [6, 6.07) is 4.97. The molecule has 0 spiro atoms. The summed E-state index contributed by atoms with van der Waals surface area (Å²) in [5, 5.41) is 9.50. The van der Waals surface area contributed by atoms with Crippen molar-refractivity contribution < 1.29 is 14.5 Å². The van der Waals surface area contributed by atoms with Crippen molar-refractivity contribution >= 4 is 23.1 Å². The number of aliphatic imine (C=N–C) groups is 1. The number of allylic oxidation sites excluding steroid dienone is 3. The van der Waals surface area contributed by atoms with Crippen LogP contribution in [0.4, 0.5) is 5.69 Å². The van der Waals surface area contributed by atoms with Gasteiger partial charge in [-0.3, -0.25) is 0 Å². The number of amidine groups is 1. The fraction of sp³-hybridized carbons (Fsp3) is 0.188. The minimum absolute atomic E-state index is 0.0121. The highest BCUT2D eigenvalue weighted by atomic mass is 16.3. The number of phenolic OH excluding ortho intramolecular Hbond substituents is 1. The quantitative estimate of drug-likeness (QED) is 0.795. The lowest BCUT2D eigenvalue weighted by molar-refractivity contribution is -0.372. The molecule has 0 saturated heterocycles. The summed E-state index contributed by atoms with van der Waals surface area (Å²) in [5.74, 6) is 0.506. The van der Waals surface area contributed by atoms with Crippen LogP contribution < -0.4 is 0 Å². The van der Waals surface area contributed by atoms with E-state index in [1.807, 2.05) is 38.2 Å². The number of carbonyl (C=O) groups is 1. The van der Waals surface area contributed by atoms with Gasteiger partial charge in [0.15, 0.2) is 5.71 Å². The van der Waals surface area contributed by atoms with E-state index in [9.17, 15) is 9.90 Å². The Morgan fingerprint density at radius 3 is 2.80 bits per heavy atom. The molecule has 1 N–H and O–H groups in total. The largest absolute Gasteiger partial charge is 0.508 e. The Balaban J connectivity index is 2.17. The van der Waals surface area contributed by atoms with Crippen LogP contribution in [0.2, 0.25) is 0 Å². The summed E-state index contributed by atoms with van der Waals surface area (Å²) < 4.78 is 1.62. The van der Waals surface area contributed by atoms with Crippen molar-refractivity contribution in [1.82, 2.24) is 0 Å². The lowest BCUT2D eigenvalue weighted by Gasteiger charge is -2.17. The molecule has 20 heavy (non-hydrogen) atoms. The number of hydrogen-bond acceptors (Lipinski definition) is 3. The molecule has 0 fully saturated rings. The first-order valence-electron chi connectivity index (χ1n) is 6.48. The fourth-order valence-corrected chi connectivity index (χ4v) is 2.57. The first-order chi connectivity index (χ1) is 9.58. The Morgan fingerprint density at radius 1 is 1.25 bits per heavy atom. The number of rotatable bonds is 1. The van der Waals surface area contributed by atoms with Crippen LogP contribution in [-0.4, -0.2) is 27.1 Å². The molecule has 1 aliphatic carbocycles. The third-order valence-electron chi connectivity index (χ3n) is 3.52. The predicted molar refractivity (Wildman–Crippen MR) is 77.7 cm³/mol. The number of amides is 1. The van der Waals surface area contributed by atoms with Gasteiger partial charge in [-0.05, 0) is 36.2 Å². The Kier molecular flexibility index (Phi) is 2.86. The number of phenols is 1. The molecule has 1 amide bonds. The average molecular weight is 267 g/mol. The van der Waals surface area contributed by atoms with Crippen molar-refractivity contribution in [2.75, 3.05) is 0 Å². The molecule has 4 nitrogen and oxygen atoms in total. The minimum atomic E-state index is -0.322. The van der Waals surface area contributed by atoms with E-state index in [2.05, 4.69) is 4.99 Å². The van der Waals surface area contributed by atoms with Crippen LogP contribution in [0.3, 0.4) is 0 Å². The van der Waals surface area contributed by atoms with Gasteiger partial charge < -0.3 is 5.11 Å². The van der Waals surface area contributed by atoms with Crippen LogP contribution in [0.1, 0.15) is 12.5 Å². The number of carbonyl (C=O) groups excluding carboxylic acids is 1. The van der Waals surface area contributed by atoms with Gasteiger partial charge >= 0.3 is 11.7 Å². The maximum Gasteiger partial charge on any atom is 0.329 e. The van der Waals surface area contributed by atoms with Gasteiger partial charge in [0.2, 0.25) is 0 Å². The van der Waals surface area contributed by atoms with Gasteiger partial charge in [0.1, 0.15) is 17.4 Å². The molecule has 2 aliphatic rings. The molecule has 1 aromatic rings. The molecule has 0 radical (unpaired) electrons. The topological polar surface area (TPSA) is 52.7 Å². The lowest BCUT2D eigenvalue weighted by atomic mass is 9.95. The van der Waals surface area contributed by atoms with Gasteiger partial charge in [0.25, 0.3) is 0 Å². The summed E-state index contributed by atoms with van der Waals surface area (Å²) in [6.07, 6.45) is 7.48. The van der Waals surface area contributed by atoms with Crippen molar-refractivity contribution in [3.63, 3.8) is 0 Å². The number of benzene rings is 1. The summed E-state index contributed by atoms with van der Waals surface area (Å²) >= 11 is 0. The van der Waals surface area contributed by atoms with Crippen LogP contribution in [-0.2, 0) is 4.79 Å². The molecule has 0 saturated carbocycles. The Morgan fingerprint density at radius 2 is 2.05 bits per heavy atom. The summed E-state index contributed by atoms with van der Waals surface area (Å²) in [7, 11) is 0. The number of fused-ring (bicyclic) bond motifs is 1. The Labute approximate surface area is 117 Å². The molecule has 1 aliphatic heterocycles. The van der Waals surface area contributed by atoms with E-state index in [1.54, 1.807) is 22.8 Å². The van der Waals surface area contributed by atoms with Crippen LogP contribution >= 0.6 is 0 Å². The zero-order chi connectivity index (χ0) is 14.3. The third kappa shape index (κ3) is 1.90. The SMILES string of the molecule is CC1=[N+](c2ccc(O)cc2C)C(=O)C2C=CC=CC2=N1. The highest BCUT2D eigenvalue weighted by Gasteiger charge is 2.38. The first-order valence-corrected chi connectivity index (χ1v) is 6.48. The number of aryl methyl sites for hydroxylation is 1. The molecule has 3 rings (SSSR count). The van der Waals surface area contributed by atoms with Gasteiger partial charge in [0, 0.05) is 12.5 Å². The Bertz CT molecular complexity index is 724. The highest BCUT2D eigenvalue weighted by molar-refractivity contribution is 6.17. The van der Waals surface area contributed by atoms with Gasteiger partial charge in [-0.25, -0.2) is 4.79 Å². The van der Waals surface area contributed by atoms with Crippen LogP contribution in [0, 0.1) is 12.8 Å². The molecule has 1 aromatic carbocycles. The second-order valence-corrected chi connectivity index (χ2v) is 4.95. The monoisotopic (exact) mass is 267 g/mol. The van der Waals surface area contributed by atoms with Crippen molar-refractivity contribution in [1.29, 1.82) is 0 Å². The van der Waals surface area contributed by atoms with Gasteiger partial charge in [-0.15, -0.1) is 0 Å².